The lowest BCUT2D eigenvalue weighted by atomic mass is 10.2. The highest BCUT2D eigenvalue weighted by Crippen LogP contribution is 2.37. The monoisotopic (exact) mass is 371 g/mol. The second-order valence-corrected chi connectivity index (χ2v) is 7.12. The molecule has 3 aromatic rings. The topological polar surface area (TPSA) is 85.5 Å². The zero-order valence-electron chi connectivity index (χ0n) is 14.1. The van der Waals surface area contributed by atoms with Gasteiger partial charge < -0.3 is 19.3 Å². The van der Waals surface area contributed by atoms with Crippen molar-refractivity contribution in [2.24, 2.45) is 0 Å². The third-order valence-corrected chi connectivity index (χ3v) is 5.48. The van der Waals surface area contributed by atoms with Gasteiger partial charge in [0.1, 0.15) is 10.7 Å². The van der Waals surface area contributed by atoms with E-state index in [4.69, 9.17) is 14.0 Å². The molecule has 4 heterocycles. The van der Waals surface area contributed by atoms with E-state index in [1.165, 1.54) is 11.3 Å². The maximum Gasteiger partial charge on any atom is 0.277 e. The molecule has 2 aromatic heterocycles. The van der Waals surface area contributed by atoms with Crippen molar-refractivity contribution in [2.45, 2.75) is 6.04 Å². The second-order valence-electron chi connectivity index (χ2n) is 6.26. The minimum atomic E-state index is 0.119. The van der Waals surface area contributed by atoms with Crippen LogP contribution in [0.4, 0.5) is 0 Å². The first-order chi connectivity index (χ1) is 12.8. The lowest BCUT2D eigenvalue weighted by molar-refractivity contribution is 0.174. The summed E-state index contributed by atoms with van der Waals surface area (Å²) >= 11 is 1.53. The summed E-state index contributed by atoms with van der Waals surface area (Å²) in [6, 6.07) is 5.92. The van der Waals surface area contributed by atoms with Crippen molar-refractivity contribution in [1.29, 1.82) is 0 Å². The molecule has 0 spiro atoms. The number of piperazine rings is 1. The zero-order valence-corrected chi connectivity index (χ0v) is 15.0. The molecule has 1 unspecified atom stereocenters. The first-order valence-corrected chi connectivity index (χ1v) is 9.26. The van der Waals surface area contributed by atoms with Crippen LogP contribution in [0.3, 0.4) is 0 Å². The first kappa shape index (κ1) is 15.7. The van der Waals surface area contributed by atoms with Gasteiger partial charge in [-0.2, -0.15) is 4.98 Å². The van der Waals surface area contributed by atoms with Gasteiger partial charge in [-0.1, -0.05) is 5.16 Å². The number of fused-ring (bicyclic) bond motifs is 1. The number of likely N-dealkylation sites (N-methyl/N-ethyl adjacent to an activating group) is 1. The van der Waals surface area contributed by atoms with Gasteiger partial charge in [0, 0.05) is 30.6 Å². The van der Waals surface area contributed by atoms with Gasteiger partial charge in [-0.05, 0) is 25.2 Å². The normalized spacial score (nSPS) is 19.8. The predicted molar refractivity (Wildman–Crippen MR) is 95.2 cm³/mol. The van der Waals surface area contributed by atoms with Gasteiger partial charge in [0.2, 0.25) is 6.79 Å². The summed E-state index contributed by atoms with van der Waals surface area (Å²) < 4.78 is 16.2. The third kappa shape index (κ3) is 2.74. The lowest BCUT2D eigenvalue weighted by Gasteiger charge is -2.30. The van der Waals surface area contributed by atoms with Crippen molar-refractivity contribution in [1.82, 2.24) is 25.3 Å². The molecule has 0 aliphatic carbocycles. The fraction of sp³-hybridized carbons (Fsp3) is 0.353. The number of aromatic nitrogens is 3. The fourth-order valence-corrected chi connectivity index (χ4v) is 3.89. The molecule has 0 amide bonds. The van der Waals surface area contributed by atoms with E-state index >= 15 is 0 Å². The van der Waals surface area contributed by atoms with E-state index in [2.05, 4.69) is 32.4 Å². The van der Waals surface area contributed by atoms with Crippen LogP contribution in [0.5, 0.6) is 11.5 Å². The Labute approximate surface area is 153 Å². The van der Waals surface area contributed by atoms with Crippen LogP contribution in [0.2, 0.25) is 0 Å². The molecule has 0 bridgehead atoms. The first-order valence-electron chi connectivity index (χ1n) is 8.38. The average Bonchev–Trinajstić information content (AvgIpc) is 3.40. The van der Waals surface area contributed by atoms with Crippen LogP contribution in [-0.2, 0) is 0 Å². The molecular weight excluding hydrogens is 354 g/mol. The summed E-state index contributed by atoms with van der Waals surface area (Å²) in [4.78, 5) is 11.4. The van der Waals surface area contributed by atoms with Crippen LogP contribution in [0.15, 0.2) is 28.1 Å². The highest BCUT2D eigenvalue weighted by atomic mass is 32.1. The number of ether oxygens (including phenoxy) is 2. The molecule has 2 aliphatic rings. The van der Waals surface area contributed by atoms with Gasteiger partial charge in [0.15, 0.2) is 17.3 Å². The van der Waals surface area contributed by atoms with Gasteiger partial charge in [-0.25, -0.2) is 4.98 Å². The number of rotatable bonds is 3. The molecule has 1 N–H and O–H groups in total. The molecule has 26 heavy (non-hydrogen) atoms. The highest BCUT2D eigenvalue weighted by Gasteiger charge is 2.26. The Morgan fingerprint density at radius 1 is 1.23 bits per heavy atom. The molecule has 134 valence electrons. The van der Waals surface area contributed by atoms with Crippen molar-refractivity contribution in [3.8, 4) is 33.7 Å². The SMILES string of the molecule is CN1CCNCC1c1noc(-c2csc(-c3ccc4c(c3)OCO4)n2)n1. The fourth-order valence-electron chi connectivity index (χ4n) is 3.10. The van der Waals surface area contributed by atoms with Gasteiger partial charge in [-0.15, -0.1) is 11.3 Å². The van der Waals surface area contributed by atoms with E-state index in [-0.39, 0.29) is 12.8 Å². The van der Waals surface area contributed by atoms with Gasteiger partial charge in [-0.3, -0.25) is 4.90 Å². The lowest BCUT2D eigenvalue weighted by Crippen LogP contribution is -2.44. The predicted octanol–water partition coefficient (Wildman–Crippen LogP) is 2.16. The summed E-state index contributed by atoms with van der Waals surface area (Å²) in [5.41, 5.74) is 1.66. The molecule has 5 rings (SSSR count). The van der Waals surface area contributed by atoms with Crippen LogP contribution in [0.25, 0.3) is 22.2 Å². The summed E-state index contributed by atoms with van der Waals surface area (Å²) in [6.07, 6.45) is 0. The van der Waals surface area contributed by atoms with Crippen LogP contribution in [0.1, 0.15) is 11.9 Å². The van der Waals surface area contributed by atoms with Crippen molar-refractivity contribution in [2.75, 3.05) is 33.5 Å². The highest BCUT2D eigenvalue weighted by molar-refractivity contribution is 7.13. The Hall–Kier alpha value is -2.49. The van der Waals surface area contributed by atoms with E-state index in [0.717, 1.165) is 41.7 Å². The van der Waals surface area contributed by atoms with E-state index in [1.807, 2.05) is 23.6 Å². The van der Waals surface area contributed by atoms with E-state index in [9.17, 15) is 0 Å². The third-order valence-electron chi connectivity index (χ3n) is 4.59. The molecule has 9 heteroatoms. The van der Waals surface area contributed by atoms with Crippen molar-refractivity contribution in [3.05, 3.63) is 29.4 Å². The molecule has 1 saturated heterocycles. The Morgan fingerprint density at radius 3 is 3.08 bits per heavy atom. The number of hydrogen-bond donors (Lipinski definition) is 1. The Morgan fingerprint density at radius 2 is 2.15 bits per heavy atom. The molecule has 0 saturated carbocycles. The minimum Gasteiger partial charge on any atom is -0.454 e. The maximum absolute atomic E-state index is 5.46. The Kier molecular flexibility index (Phi) is 3.84. The van der Waals surface area contributed by atoms with E-state index < -0.39 is 0 Å². The summed E-state index contributed by atoms with van der Waals surface area (Å²) in [5, 5.41) is 10.3. The summed E-state index contributed by atoms with van der Waals surface area (Å²) in [6.45, 7) is 3.01. The van der Waals surface area contributed by atoms with Crippen molar-refractivity contribution >= 4 is 11.3 Å². The quantitative estimate of drug-likeness (QED) is 0.750. The molecule has 1 fully saturated rings. The molecule has 1 atom stereocenters. The van der Waals surface area contributed by atoms with Gasteiger partial charge >= 0.3 is 0 Å². The molecular formula is C17H17N5O3S. The van der Waals surface area contributed by atoms with E-state index in [0.29, 0.717) is 17.4 Å². The maximum atomic E-state index is 5.46. The Balaban J connectivity index is 1.40. The van der Waals surface area contributed by atoms with Gasteiger partial charge in [0.25, 0.3) is 5.89 Å². The molecule has 8 nitrogen and oxygen atoms in total. The second kappa shape index (κ2) is 6.35. The number of benzene rings is 1. The molecule has 1 aromatic carbocycles. The largest absolute Gasteiger partial charge is 0.454 e. The van der Waals surface area contributed by atoms with Crippen LogP contribution >= 0.6 is 11.3 Å². The Bertz CT molecular complexity index is 940. The summed E-state index contributed by atoms with van der Waals surface area (Å²) in [5.74, 6) is 2.64. The standard InChI is InChI=1S/C17H17N5O3S/c1-22-5-4-18-7-12(22)15-20-16(25-21-15)11-8-26-17(19-11)10-2-3-13-14(6-10)24-9-23-13/h2-3,6,8,12,18H,4-5,7,9H2,1H3. The van der Waals surface area contributed by atoms with E-state index in [1.54, 1.807) is 0 Å². The molecule has 2 aliphatic heterocycles. The smallest absolute Gasteiger partial charge is 0.277 e. The summed E-state index contributed by atoms with van der Waals surface area (Å²) in [7, 11) is 2.07. The number of nitrogens with one attached hydrogen (secondary N) is 1. The number of nitrogens with zero attached hydrogens (tertiary/aromatic N) is 4. The average molecular weight is 371 g/mol. The zero-order chi connectivity index (χ0) is 17.5. The minimum absolute atomic E-state index is 0.119. The van der Waals surface area contributed by atoms with Crippen molar-refractivity contribution < 1.29 is 14.0 Å². The van der Waals surface area contributed by atoms with Gasteiger partial charge in [0.05, 0.1) is 6.04 Å². The number of thiazole rings is 1. The van der Waals surface area contributed by atoms with Crippen molar-refractivity contribution in [3.63, 3.8) is 0 Å². The van der Waals surface area contributed by atoms with Crippen LogP contribution < -0.4 is 14.8 Å². The number of hydrogen-bond acceptors (Lipinski definition) is 9. The molecule has 0 radical (unpaired) electrons. The van der Waals surface area contributed by atoms with Crippen LogP contribution in [0, 0.1) is 0 Å². The van der Waals surface area contributed by atoms with Crippen LogP contribution in [-0.4, -0.2) is 53.5 Å².